The van der Waals surface area contributed by atoms with E-state index in [2.05, 4.69) is 6.47 Å². The molecule has 0 aromatic heterocycles. The van der Waals surface area contributed by atoms with Gasteiger partial charge in [-0.15, -0.1) is 0 Å². The van der Waals surface area contributed by atoms with Crippen LogP contribution in [0, 0.1) is 0 Å². The van der Waals surface area contributed by atoms with Crippen LogP contribution in [0.4, 0.5) is 11.4 Å². The van der Waals surface area contributed by atoms with Crippen LogP contribution < -0.4 is 20.7 Å². The molecule has 0 fully saturated rings. The van der Waals surface area contributed by atoms with E-state index in [9.17, 15) is 19.2 Å². The summed E-state index contributed by atoms with van der Waals surface area (Å²) in [6.45, 7) is 5.30. The summed E-state index contributed by atoms with van der Waals surface area (Å²) in [6, 6.07) is 20.0. The average Bonchev–Trinajstić information content (AvgIpc) is 2.87. The predicted molar refractivity (Wildman–Crippen MR) is 137 cm³/mol. The van der Waals surface area contributed by atoms with Crippen LogP contribution >= 0.6 is 0 Å². The maximum absolute atomic E-state index is 13.7. The van der Waals surface area contributed by atoms with Crippen molar-refractivity contribution in [2.24, 2.45) is 0 Å². The summed E-state index contributed by atoms with van der Waals surface area (Å²) in [5.74, 6) is -2.31. The molecule has 0 N–H and O–H groups in total. The third kappa shape index (κ3) is 2.77. The summed E-state index contributed by atoms with van der Waals surface area (Å²) >= 11 is 0. The Kier molecular flexibility index (Phi) is 4.48. The molecule has 162 valence electrons. The Morgan fingerprint density at radius 1 is 0.629 bits per heavy atom. The number of imide groups is 2. The van der Waals surface area contributed by atoms with Crippen LogP contribution in [0.2, 0.25) is 0 Å². The van der Waals surface area contributed by atoms with E-state index in [1.165, 1.54) is 13.0 Å². The van der Waals surface area contributed by atoms with Gasteiger partial charge in [-0.1, -0.05) is 0 Å². The van der Waals surface area contributed by atoms with Gasteiger partial charge < -0.3 is 0 Å². The quantitative estimate of drug-likeness (QED) is 0.352. The molecule has 0 aliphatic carbocycles. The van der Waals surface area contributed by atoms with Crippen molar-refractivity contribution in [3.05, 3.63) is 95.1 Å². The summed E-state index contributed by atoms with van der Waals surface area (Å²) in [5, 5.41) is 0.468. The molecule has 4 amide bonds. The number of nitrogens with zero attached hydrogens (tertiary/aromatic N) is 2. The molecular weight excluding hydrogens is 438 g/mol. The van der Waals surface area contributed by atoms with Crippen molar-refractivity contribution in [2.45, 2.75) is 0 Å². The molecule has 4 aromatic rings. The number of rotatable bonds is 3. The summed E-state index contributed by atoms with van der Waals surface area (Å²) in [4.78, 5) is 56.6. The topological polar surface area (TPSA) is 74.8 Å². The summed E-state index contributed by atoms with van der Waals surface area (Å²) in [5.41, 5.74) is 1.86. The number of carbonyl (C=O) groups excluding carboxylic acids is 4. The molecule has 0 saturated heterocycles. The van der Waals surface area contributed by atoms with Crippen molar-refractivity contribution in [3.63, 3.8) is 0 Å². The van der Waals surface area contributed by atoms with Gasteiger partial charge in [-0.25, -0.2) is 0 Å². The predicted octanol–water partition coefficient (Wildman–Crippen LogP) is 2.00. The number of anilines is 2. The molecule has 6 nitrogen and oxygen atoms in total. The first-order valence-corrected chi connectivity index (χ1v) is 10.9. The van der Waals surface area contributed by atoms with Gasteiger partial charge in [0, 0.05) is 0 Å². The normalized spacial score (nSPS) is 14.5. The van der Waals surface area contributed by atoms with E-state index in [1.54, 1.807) is 66.7 Å². The third-order valence-corrected chi connectivity index (χ3v) is 6.42. The van der Waals surface area contributed by atoms with Crippen LogP contribution in [0.15, 0.2) is 72.8 Å². The zero-order chi connectivity index (χ0) is 24.4. The van der Waals surface area contributed by atoms with Gasteiger partial charge in [-0.2, -0.15) is 0 Å². The minimum absolute atomic E-state index is 0.0557. The van der Waals surface area contributed by atoms with Gasteiger partial charge in [0.1, 0.15) is 0 Å². The number of benzene rings is 4. The first kappa shape index (κ1) is 21.0. The Morgan fingerprint density at radius 3 is 1.60 bits per heavy atom. The number of hydrogen-bond donors (Lipinski definition) is 0. The minimum atomic E-state index is -0.611. The Balaban J connectivity index is 1.70. The Bertz CT molecular complexity index is 1650. The summed E-state index contributed by atoms with van der Waals surface area (Å²) < 4.78 is 0. The molecule has 0 unspecified atom stereocenters. The third-order valence-electron chi connectivity index (χ3n) is 6.42. The number of para-hydroxylation sites is 2. The molecule has 0 atom stereocenters. The Labute approximate surface area is 202 Å². The van der Waals surface area contributed by atoms with Crippen molar-refractivity contribution in [1.82, 2.24) is 0 Å². The van der Waals surface area contributed by atoms with E-state index in [-0.39, 0.29) is 38.5 Å². The first-order chi connectivity index (χ1) is 16.9. The number of amides is 4. The first-order valence-electron chi connectivity index (χ1n) is 10.9. The SMILES string of the molecule is [B]c1cc2c3c(c(B=C)cc4c3c1C(=O)N(c1ccccc1)C4=O)C(=O)N(c1ccccc1)C2=O. The van der Waals surface area contributed by atoms with Crippen LogP contribution in [-0.2, 0) is 0 Å². The van der Waals surface area contributed by atoms with Gasteiger partial charge >= 0.3 is 202 Å². The van der Waals surface area contributed by atoms with E-state index >= 15 is 0 Å². The molecule has 8 heteroatoms. The molecule has 6 rings (SSSR count). The van der Waals surface area contributed by atoms with Crippen LogP contribution in [0.1, 0.15) is 41.4 Å². The van der Waals surface area contributed by atoms with Crippen molar-refractivity contribution in [3.8, 4) is 0 Å². The van der Waals surface area contributed by atoms with E-state index in [0.717, 1.165) is 9.80 Å². The number of carbonyl (C=O) groups is 4. The monoisotopic (exact) mass is 452 g/mol. The fourth-order valence-electron chi connectivity index (χ4n) is 4.91. The van der Waals surface area contributed by atoms with Crippen LogP contribution in [0.3, 0.4) is 0 Å². The molecule has 4 aromatic carbocycles. The van der Waals surface area contributed by atoms with Gasteiger partial charge in [-0.05, 0) is 0 Å². The molecule has 0 saturated carbocycles. The van der Waals surface area contributed by atoms with Gasteiger partial charge in [-0.3, -0.25) is 0 Å². The van der Waals surface area contributed by atoms with Gasteiger partial charge in [0.2, 0.25) is 0 Å². The van der Waals surface area contributed by atoms with Crippen molar-refractivity contribution in [1.29, 1.82) is 0 Å². The van der Waals surface area contributed by atoms with Crippen molar-refractivity contribution >= 4 is 77.9 Å². The molecule has 0 spiro atoms. The van der Waals surface area contributed by atoms with Crippen molar-refractivity contribution in [2.75, 3.05) is 9.80 Å². The van der Waals surface area contributed by atoms with Gasteiger partial charge in [0.25, 0.3) is 0 Å². The van der Waals surface area contributed by atoms with E-state index in [0.29, 0.717) is 16.8 Å². The second-order valence-corrected chi connectivity index (χ2v) is 8.29. The zero-order valence-electron chi connectivity index (χ0n) is 18.3. The van der Waals surface area contributed by atoms with Crippen LogP contribution in [-0.4, -0.2) is 44.9 Å². The van der Waals surface area contributed by atoms with E-state index < -0.39 is 23.6 Å². The molecule has 2 aliphatic heterocycles. The van der Waals surface area contributed by atoms with E-state index in [4.69, 9.17) is 7.85 Å². The molecule has 0 bridgehead atoms. The molecule has 2 radical (unpaired) electrons. The molecule has 2 heterocycles. The van der Waals surface area contributed by atoms with Gasteiger partial charge in [0.15, 0.2) is 0 Å². The zero-order valence-corrected chi connectivity index (χ0v) is 18.3. The standard InChI is InChI=1S/C27H14B2N2O4/c1-29-19-13-17-20-21-16(24(32)31(27(35)23(19)21)15-10-6-3-7-11-15)12-18(28)22(20)26(34)30(25(17)33)14-8-4-2-5-9-14/h2-13H,1H2. The van der Waals surface area contributed by atoms with Crippen molar-refractivity contribution < 1.29 is 19.2 Å². The van der Waals surface area contributed by atoms with Crippen LogP contribution in [0.25, 0.3) is 10.8 Å². The fourth-order valence-corrected chi connectivity index (χ4v) is 4.91. The molecule has 2 aliphatic rings. The molecule has 35 heavy (non-hydrogen) atoms. The summed E-state index contributed by atoms with van der Waals surface area (Å²) in [6.07, 6.45) is 0. The second-order valence-electron chi connectivity index (χ2n) is 8.29. The average molecular weight is 452 g/mol. The Morgan fingerprint density at radius 2 is 1.09 bits per heavy atom. The maximum atomic E-state index is 13.7. The fraction of sp³-hybridized carbons (Fsp3) is 0. The van der Waals surface area contributed by atoms with Crippen LogP contribution in [0.5, 0.6) is 0 Å². The summed E-state index contributed by atoms with van der Waals surface area (Å²) in [7, 11) is 6.34. The van der Waals surface area contributed by atoms with E-state index in [1.807, 2.05) is 0 Å². The Hall–Kier alpha value is -4.58. The number of hydrogen-bond acceptors (Lipinski definition) is 4. The molecular formula is C27H14B2N2O4. The van der Waals surface area contributed by atoms with Gasteiger partial charge in [0.05, 0.1) is 0 Å². The second kappa shape index (κ2) is 7.46.